The number of carbonyl (C=O) groups excluding carboxylic acids is 1. The van der Waals surface area contributed by atoms with Crippen molar-refractivity contribution >= 4 is 11.9 Å². The maximum atomic E-state index is 13.0. The minimum atomic E-state index is -0.581. The fourth-order valence-corrected chi connectivity index (χ4v) is 12.2. The SMILES string of the molecule is COC(=O)C1=CC=C(C2=CC[C@]3(C)[C@H]4CC=C5[C@@H]6[C@@H](C)[C@H](C)CC[C@]6(C(=O)O)CC[C@@]5(C)[C@]4(C)CC[C@H]3C2(C)C)CC1. The topological polar surface area (TPSA) is 63.6 Å². The number of fused-ring (bicyclic) bond motifs is 7. The quantitative estimate of drug-likeness (QED) is 0.270. The molecule has 0 unspecified atom stereocenters. The Morgan fingerprint density at radius 3 is 2.29 bits per heavy atom. The number of hydrogen-bond acceptors (Lipinski definition) is 3. The normalized spacial score (nSPS) is 45.9. The van der Waals surface area contributed by atoms with Crippen LogP contribution in [0.1, 0.15) is 113 Å². The summed E-state index contributed by atoms with van der Waals surface area (Å²) >= 11 is 0. The van der Waals surface area contributed by atoms with Gasteiger partial charge in [-0.1, -0.05) is 78.3 Å². The molecule has 6 rings (SSSR count). The number of methoxy groups -OCH3 is 1. The van der Waals surface area contributed by atoms with Gasteiger partial charge >= 0.3 is 11.9 Å². The molecule has 230 valence electrons. The van der Waals surface area contributed by atoms with Crippen molar-refractivity contribution in [3.8, 4) is 0 Å². The molecule has 0 aromatic rings. The van der Waals surface area contributed by atoms with Gasteiger partial charge in [0.25, 0.3) is 0 Å². The lowest BCUT2D eigenvalue weighted by Gasteiger charge is -2.70. The molecule has 0 aliphatic heterocycles. The van der Waals surface area contributed by atoms with Crippen LogP contribution in [0, 0.1) is 56.7 Å². The molecule has 1 N–H and O–H groups in total. The van der Waals surface area contributed by atoms with E-state index in [1.54, 1.807) is 0 Å². The summed E-state index contributed by atoms with van der Waals surface area (Å²) in [7, 11) is 1.46. The maximum Gasteiger partial charge on any atom is 0.333 e. The van der Waals surface area contributed by atoms with Crippen molar-refractivity contribution in [3.63, 3.8) is 0 Å². The van der Waals surface area contributed by atoms with Gasteiger partial charge in [-0.3, -0.25) is 4.79 Å². The Balaban J connectivity index is 1.38. The van der Waals surface area contributed by atoms with E-state index in [0.717, 1.165) is 56.9 Å². The van der Waals surface area contributed by atoms with E-state index in [4.69, 9.17) is 4.74 Å². The molecule has 9 atom stereocenters. The van der Waals surface area contributed by atoms with Crippen LogP contribution in [0.5, 0.6) is 0 Å². The van der Waals surface area contributed by atoms with Crippen molar-refractivity contribution in [2.45, 2.75) is 113 Å². The van der Waals surface area contributed by atoms with Gasteiger partial charge in [-0.2, -0.15) is 0 Å². The van der Waals surface area contributed by atoms with Crippen molar-refractivity contribution in [1.82, 2.24) is 0 Å². The maximum absolute atomic E-state index is 13.0. The van der Waals surface area contributed by atoms with Gasteiger partial charge in [-0.25, -0.2) is 4.79 Å². The molecule has 0 spiro atoms. The second kappa shape index (κ2) is 9.70. The number of allylic oxidation sites excluding steroid dienone is 7. The van der Waals surface area contributed by atoms with Gasteiger partial charge < -0.3 is 9.84 Å². The van der Waals surface area contributed by atoms with E-state index in [1.165, 1.54) is 36.7 Å². The van der Waals surface area contributed by atoms with Gasteiger partial charge in [-0.05, 0) is 127 Å². The minimum absolute atomic E-state index is 0.0496. The van der Waals surface area contributed by atoms with Crippen LogP contribution in [-0.4, -0.2) is 24.2 Å². The number of esters is 1. The van der Waals surface area contributed by atoms with Crippen molar-refractivity contribution in [2.75, 3.05) is 7.11 Å². The predicted octanol–water partition coefficient (Wildman–Crippen LogP) is 9.08. The van der Waals surface area contributed by atoms with Crippen LogP contribution in [0.15, 0.2) is 46.6 Å². The first-order valence-corrected chi connectivity index (χ1v) is 16.8. The lowest BCUT2D eigenvalue weighted by Crippen LogP contribution is -2.64. The number of ether oxygens (including phenoxy) is 1. The van der Waals surface area contributed by atoms with E-state index in [9.17, 15) is 14.7 Å². The van der Waals surface area contributed by atoms with Gasteiger partial charge in [-0.15, -0.1) is 0 Å². The average Bonchev–Trinajstić information content (AvgIpc) is 2.94. The molecule has 4 heteroatoms. The highest BCUT2D eigenvalue weighted by atomic mass is 16.5. The Bertz CT molecular complexity index is 1310. The van der Waals surface area contributed by atoms with E-state index in [2.05, 4.69) is 66.7 Å². The molecule has 0 aromatic carbocycles. The van der Waals surface area contributed by atoms with Crippen LogP contribution in [0.4, 0.5) is 0 Å². The fraction of sp³-hybridized carbons (Fsp3) is 0.737. The van der Waals surface area contributed by atoms with Crippen molar-refractivity contribution < 1.29 is 19.4 Å². The van der Waals surface area contributed by atoms with E-state index in [1.807, 2.05) is 6.08 Å². The molecule has 0 radical (unpaired) electrons. The van der Waals surface area contributed by atoms with Crippen LogP contribution in [0.3, 0.4) is 0 Å². The Labute approximate surface area is 254 Å². The molecule has 6 aliphatic carbocycles. The molecule has 6 aliphatic rings. The summed E-state index contributed by atoms with van der Waals surface area (Å²) in [4.78, 5) is 25.1. The van der Waals surface area contributed by atoms with Crippen LogP contribution >= 0.6 is 0 Å². The largest absolute Gasteiger partial charge is 0.481 e. The van der Waals surface area contributed by atoms with Gasteiger partial charge in [0.15, 0.2) is 0 Å². The zero-order valence-electron chi connectivity index (χ0n) is 27.4. The molecule has 0 amide bonds. The zero-order valence-corrected chi connectivity index (χ0v) is 27.4. The summed E-state index contributed by atoms with van der Waals surface area (Å²) in [5, 5.41) is 10.7. The van der Waals surface area contributed by atoms with Crippen LogP contribution in [0.25, 0.3) is 0 Å². The third-order valence-corrected chi connectivity index (χ3v) is 14.9. The van der Waals surface area contributed by atoms with Gasteiger partial charge in [0.2, 0.25) is 0 Å². The first kappa shape index (κ1) is 29.9. The Hall–Kier alpha value is -2.10. The second-order valence-corrected chi connectivity index (χ2v) is 16.5. The zero-order chi connectivity index (χ0) is 30.5. The van der Waals surface area contributed by atoms with E-state index >= 15 is 0 Å². The Morgan fingerprint density at radius 1 is 0.905 bits per heavy atom. The molecular formula is C38H54O4. The summed E-state index contributed by atoms with van der Waals surface area (Å²) in [5.74, 6) is 1.55. The number of carbonyl (C=O) groups is 2. The van der Waals surface area contributed by atoms with Gasteiger partial charge in [0.05, 0.1) is 12.5 Å². The average molecular weight is 575 g/mol. The van der Waals surface area contributed by atoms with Gasteiger partial charge in [0.1, 0.15) is 0 Å². The summed E-state index contributed by atoms with van der Waals surface area (Å²) in [6.45, 7) is 17.4. The third-order valence-electron chi connectivity index (χ3n) is 14.9. The van der Waals surface area contributed by atoms with Gasteiger partial charge in [0, 0.05) is 5.57 Å². The van der Waals surface area contributed by atoms with Crippen LogP contribution in [-0.2, 0) is 14.3 Å². The monoisotopic (exact) mass is 574 g/mol. The highest BCUT2D eigenvalue weighted by molar-refractivity contribution is 5.89. The van der Waals surface area contributed by atoms with E-state index in [0.29, 0.717) is 23.7 Å². The number of hydrogen-bond donors (Lipinski definition) is 1. The molecule has 3 fully saturated rings. The number of carboxylic acids is 1. The number of carboxylic acid groups (broad SMARTS) is 1. The van der Waals surface area contributed by atoms with E-state index < -0.39 is 11.4 Å². The van der Waals surface area contributed by atoms with Crippen molar-refractivity contribution in [1.29, 1.82) is 0 Å². The smallest absolute Gasteiger partial charge is 0.333 e. The van der Waals surface area contributed by atoms with Crippen LogP contribution in [0.2, 0.25) is 0 Å². The molecule has 0 saturated heterocycles. The summed E-state index contributed by atoms with van der Waals surface area (Å²) in [6, 6.07) is 0. The highest BCUT2D eigenvalue weighted by Crippen LogP contribution is 2.76. The Morgan fingerprint density at radius 2 is 1.64 bits per heavy atom. The molecule has 0 aromatic heterocycles. The first-order valence-electron chi connectivity index (χ1n) is 16.8. The van der Waals surface area contributed by atoms with Crippen LogP contribution < -0.4 is 0 Å². The molecular weight excluding hydrogens is 520 g/mol. The summed E-state index contributed by atoms with van der Waals surface area (Å²) in [5.41, 5.74) is 5.04. The van der Waals surface area contributed by atoms with E-state index in [-0.39, 0.29) is 33.5 Å². The number of rotatable bonds is 3. The molecule has 0 bridgehead atoms. The summed E-state index contributed by atoms with van der Waals surface area (Å²) in [6.07, 6.45) is 19.3. The first-order chi connectivity index (χ1) is 19.7. The molecule has 0 heterocycles. The lowest BCUT2D eigenvalue weighted by atomic mass is 9.33. The highest BCUT2D eigenvalue weighted by Gasteiger charge is 2.69. The van der Waals surface area contributed by atoms with Crippen molar-refractivity contribution in [3.05, 3.63) is 46.6 Å². The minimum Gasteiger partial charge on any atom is -0.481 e. The fourth-order valence-electron chi connectivity index (χ4n) is 12.2. The summed E-state index contributed by atoms with van der Waals surface area (Å²) < 4.78 is 4.97. The second-order valence-electron chi connectivity index (χ2n) is 16.5. The predicted molar refractivity (Wildman–Crippen MR) is 167 cm³/mol. The lowest BCUT2D eigenvalue weighted by molar-refractivity contribution is -0.180. The molecule has 4 nitrogen and oxygen atoms in total. The third kappa shape index (κ3) is 3.78. The molecule has 42 heavy (non-hydrogen) atoms. The standard InChI is InChI=1S/C38H54O4/c1-23-15-20-38(33(40)41)22-21-36(6)28(31(38)24(23)2)13-14-30-35(5)18-16-27(25-9-11-26(12-10-25)32(39)42-8)34(3,4)29(35)17-19-37(30,36)7/h9,11,13,16,23-24,29-31H,10,12,14-15,17-22H2,1-8H3,(H,40,41)/t23-,24+,29+,30-,31+,35+,36-,37-,38+/m1/s1. The number of aliphatic carboxylic acids is 1. The Kier molecular flexibility index (Phi) is 6.92. The van der Waals surface area contributed by atoms with Crippen molar-refractivity contribution in [2.24, 2.45) is 56.7 Å². The molecule has 3 saturated carbocycles.